The van der Waals surface area contributed by atoms with Crippen molar-refractivity contribution >= 4 is 5.97 Å². The molecule has 0 bridgehead atoms. The van der Waals surface area contributed by atoms with E-state index in [-0.39, 0.29) is 11.5 Å². The van der Waals surface area contributed by atoms with Gasteiger partial charge in [0, 0.05) is 31.7 Å². The molecule has 4 nitrogen and oxygen atoms in total. The summed E-state index contributed by atoms with van der Waals surface area (Å²) in [6.07, 6.45) is 6.51. The van der Waals surface area contributed by atoms with Crippen molar-refractivity contribution in [3.63, 3.8) is 0 Å². The first kappa shape index (κ1) is 14.8. The maximum Gasteiger partial charge on any atom is 0.312 e. The lowest BCUT2D eigenvalue weighted by molar-refractivity contribution is -0.153. The van der Waals surface area contributed by atoms with Crippen molar-refractivity contribution in [3.05, 3.63) is 0 Å². The first-order chi connectivity index (χ1) is 9.00. The molecule has 0 aromatic rings. The van der Waals surface area contributed by atoms with Crippen LogP contribution in [0.15, 0.2) is 0 Å². The Balaban J connectivity index is 2.09. The molecule has 2 fully saturated rings. The van der Waals surface area contributed by atoms with Crippen LogP contribution in [0, 0.1) is 5.41 Å². The van der Waals surface area contributed by atoms with Gasteiger partial charge in [-0.15, -0.1) is 0 Å². The van der Waals surface area contributed by atoms with Gasteiger partial charge in [-0.05, 0) is 26.7 Å². The van der Waals surface area contributed by atoms with Gasteiger partial charge >= 0.3 is 5.97 Å². The van der Waals surface area contributed by atoms with Gasteiger partial charge < -0.3 is 10.1 Å². The molecule has 1 spiro atoms. The number of hydrogen-bond donors (Lipinski definition) is 1. The minimum atomic E-state index is -0.420. The van der Waals surface area contributed by atoms with E-state index >= 15 is 0 Å². The smallest absolute Gasteiger partial charge is 0.312 e. The molecule has 0 aromatic heterocycles. The zero-order valence-corrected chi connectivity index (χ0v) is 12.6. The summed E-state index contributed by atoms with van der Waals surface area (Å²) in [4.78, 5) is 14.5. The van der Waals surface area contributed by atoms with Crippen LogP contribution in [0.2, 0.25) is 0 Å². The molecule has 0 atom stereocenters. The summed E-state index contributed by atoms with van der Waals surface area (Å²) < 4.78 is 4.95. The predicted molar refractivity (Wildman–Crippen MR) is 76.1 cm³/mol. The van der Waals surface area contributed by atoms with Crippen molar-refractivity contribution in [2.24, 2.45) is 5.41 Å². The van der Waals surface area contributed by atoms with Crippen LogP contribution in [0.4, 0.5) is 0 Å². The second kappa shape index (κ2) is 5.80. The average Bonchev–Trinajstić information content (AvgIpc) is 2.41. The fourth-order valence-electron chi connectivity index (χ4n) is 3.65. The maximum absolute atomic E-state index is 11.9. The second-order valence-corrected chi connectivity index (χ2v) is 6.76. The molecule has 1 saturated heterocycles. The quantitative estimate of drug-likeness (QED) is 0.793. The molecule has 0 aromatic carbocycles. The van der Waals surface area contributed by atoms with E-state index in [1.54, 1.807) is 0 Å². The summed E-state index contributed by atoms with van der Waals surface area (Å²) >= 11 is 0. The highest BCUT2D eigenvalue weighted by molar-refractivity contribution is 5.76. The molecule has 0 unspecified atom stereocenters. The molecular weight excluding hydrogens is 240 g/mol. The number of ether oxygens (including phenoxy) is 1. The molecule has 0 amide bonds. The van der Waals surface area contributed by atoms with Gasteiger partial charge in [0.1, 0.15) is 0 Å². The first-order valence-corrected chi connectivity index (χ1v) is 7.54. The van der Waals surface area contributed by atoms with Crippen LogP contribution >= 0.6 is 0 Å². The van der Waals surface area contributed by atoms with Gasteiger partial charge in [-0.25, -0.2) is 0 Å². The van der Waals surface area contributed by atoms with Gasteiger partial charge in [0.15, 0.2) is 0 Å². The Kier molecular flexibility index (Phi) is 4.51. The summed E-state index contributed by atoms with van der Waals surface area (Å²) in [5.41, 5.74) is -0.141. The molecule has 1 saturated carbocycles. The zero-order valence-electron chi connectivity index (χ0n) is 12.6. The van der Waals surface area contributed by atoms with E-state index in [1.165, 1.54) is 39.2 Å². The molecule has 4 heteroatoms. The molecule has 2 aliphatic rings. The SMILES string of the molecule is COC(=O)C(C)(C)CN1CCNCC12CCCCC2. The minimum absolute atomic E-state index is 0.100. The minimum Gasteiger partial charge on any atom is -0.469 e. The number of carbonyl (C=O) groups excluding carboxylic acids is 1. The average molecular weight is 268 g/mol. The van der Waals surface area contributed by atoms with Crippen molar-refractivity contribution in [2.75, 3.05) is 33.3 Å². The number of nitrogens with zero attached hydrogens (tertiary/aromatic N) is 1. The van der Waals surface area contributed by atoms with Crippen LogP contribution in [0.1, 0.15) is 46.0 Å². The Morgan fingerprint density at radius 1 is 1.32 bits per heavy atom. The molecule has 19 heavy (non-hydrogen) atoms. The standard InChI is InChI=1S/C15H28N2O2/c1-14(2,13(18)19-3)12-17-10-9-16-11-15(17)7-5-4-6-8-15/h16H,4-12H2,1-3H3. The fraction of sp³-hybridized carbons (Fsp3) is 0.933. The van der Waals surface area contributed by atoms with Crippen LogP contribution in [0.25, 0.3) is 0 Å². The number of methoxy groups -OCH3 is 1. The lowest BCUT2D eigenvalue weighted by Gasteiger charge is -2.51. The molecule has 1 N–H and O–H groups in total. The maximum atomic E-state index is 11.9. The largest absolute Gasteiger partial charge is 0.469 e. The van der Waals surface area contributed by atoms with E-state index in [9.17, 15) is 4.79 Å². The van der Waals surface area contributed by atoms with E-state index in [1.807, 2.05) is 13.8 Å². The Labute approximate surface area is 116 Å². The Morgan fingerprint density at radius 2 is 2.00 bits per heavy atom. The summed E-state index contributed by atoms with van der Waals surface area (Å²) in [6.45, 7) is 7.94. The van der Waals surface area contributed by atoms with Crippen molar-refractivity contribution in [3.8, 4) is 0 Å². The number of carbonyl (C=O) groups is 1. The number of nitrogens with one attached hydrogen (secondary N) is 1. The Hall–Kier alpha value is -0.610. The Morgan fingerprint density at radius 3 is 2.63 bits per heavy atom. The van der Waals surface area contributed by atoms with Crippen LogP contribution < -0.4 is 5.32 Å². The van der Waals surface area contributed by atoms with Crippen molar-refractivity contribution in [2.45, 2.75) is 51.5 Å². The molecule has 1 heterocycles. The third-order valence-electron chi connectivity index (χ3n) is 4.79. The molecule has 2 rings (SSSR count). The highest BCUT2D eigenvalue weighted by Crippen LogP contribution is 2.36. The number of esters is 1. The van der Waals surface area contributed by atoms with Gasteiger partial charge in [0.05, 0.1) is 12.5 Å². The predicted octanol–water partition coefficient (Wildman–Crippen LogP) is 1.79. The van der Waals surface area contributed by atoms with Crippen LogP contribution in [-0.2, 0) is 9.53 Å². The van der Waals surface area contributed by atoms with Gasteiger partial charge in [-0.2, -0.15) is 0 Å². The van der Waals surface area contributed by atoms with Gasteiger partial charge in [-0.3, -0.25) is 9.69 Å². The normalized spacial score (nSPS) is 24.4. The fourth-order valence-corrected chi connectivity index (χ4v) is 3.65. The highest BCUT2D eigenvalue weighted by Gasteiger charge is 2.43. The third kappa shape index (κ3) is 3.11. The number of rotatable bonds is 3. The van der Waals surface area contributed by atoms with E-state index in [0.29, 0.717) is 0 Å². The van der Waals surface area contributed by atoms with Gasteiger partial charge in [0.2, 0.25) is 0 Å². The summed E-state index contributed by atoms with van der Waals surface area (Å²) in [6, 6.07) is 0. The lowest BCUT2D eigenvalue weighted by atomic mass is 9.77. The summed E-state index contributed by atoms with van der Waals surface area (Å²) in [7, 11) is 1.48. The lowest BCUT2D eigenvalue weighted by Crippen LogP contribution is -2.64. The molecule has 1 aliphatic heterocycles. The van der Waals surface area contributed by atoms with Crippen LogP contribution in [0.3, 0.4) is 0 Å². The first-order valence-electron chi connectivity index (χ1n) is 7.54. The van der Waals surface area contributed by atoms with E-state index in [2.05, 4.69) is 10.2 Å². The van der Waals surface area contributed by atoms with Crippen LogP contribution in [-0.4, -0.2) is 49.7 Å². The van der Waals surface area contributed by atoms with Gasteiger partial charge in [0.25, 0.3) is 0 Å². The van der Waals surface area contributed by atoms with Crippen molar-refractivity contribution < 1.29 is 9.53 Å². The van der Waals surface area contributed by atoms with Crippen molar-refractivity contribution in [1.29, 1.82) is 0 Å². The Bertz CT molecular complexity index is 314. The number of piperazine rings is 1. The topological polar surface area (TPSA) is 41.6 Å². The van der Waals surface area contributed by atoms with E-state index in [0.717, 1.165) is 26.2 Å². The van der Waals surface area contributed by atoms with Crippen molar-refractivity contribution in [1.82, 2.24) is 10.2 Å². The van der Waals surface area contributed by atoms with E-state index < -0.39 is 5.41 Å². The van der Waals surface area contributed by atoms with Gasteiger partial charge in [-0.1, -0.05) is 19.3 Å². The van der Waals surface area contributed by atoms with E-state index in [4.69, 9.17) is 4.74 Å². The molecular formula is C15H28N2O2. The van der Waals surface area contributed by atoms with Crippen LogP contribution in [0.5, 0.6) is 0 Å². The number of hydrogen-bond acceptors (Lipinski definition) is 4. The molecule has 0 radical (unpaired) electrons. The zero-order chi connectivity index (χ0) is 13.9. The highest BCUT2D eigenvalue weighted by atomic mass is 16.5. The monoisotopic (exact) mass is 268 g/mol. The molecule has 1 aliphatic carbocycles. The third-order valence-corrected chi connectivity index (χ3v) is 4.79. The summed E-state index contributed by atoms with van der Waals surface area (Å²) in [5.74, 6) is -0.100. The molecule has 110 valence electrons. The summed E-state index contributed by atoms with van der Waals surface area (Å²) in [5, 5.41) is 3.55. The second-order valence-electron chi connectivity index (χ2n) is 6.76.